The van der Waals surface area contributed by atoms with Gasteiger partial charge in [0, 0.05) is 12.6 Å². The molecule has 4 nitrogen and oxygen atoms in total. The third-order valence-corrected chi connectivity index (χ3v) is 5.49. The summed E-state index contributed by atoms with van der Waals surface area (Å²) in [4.78, 5) is -0.287. The molecule has 1 unspecified atom stereocenters. The van der Waals surface area contributed by atoms with Gasteiger partial charge in [0.1, 0.15) is 4.90 Å². The van der Waals surface area contributed by atoms with Gasteiger partial charge in [0.2, 0.25) is 10.0 Å². The minimum Gasteiger partial charge on any atom is -0.315 e. The molecule has 2 rings (SSSR count). The highest BCUT2D eigenvalue weighted by Crippen LogP contribution is 2.29. The van der Waals surface area contributed by atoms with Crippen molar-refractivity contribution in [3.8, 4) is 0 Å². The smallest absolute Gasteiger partial charge is 0.242 e. The molecule has 0 radical (unpaired) electrons. The minimum atomic E-state index is -3.87. The van der Waals surface area contributed by atoms with E-state index in [2.05, 4.69) is 10.0 Å². The fourth-order valence-corrected chi connectivity index (χ4v) is 4.13. The highest BCUT2D eigenvalue weighted by atomic mass is 35.5. The van der Waals surface area contributed by atoms with Crippen LogP contribution in [0.3, 0.4) is 0 Å². The SMILES string of the molecule is O=S(=O)(NC1CCCCNC1)c1ccc(Cl)c(F)c1Cl. The number of benzene rings is 1. The number of hydrogen-bond acceptors (Lipinski definition) is 3. The highest BCUT2D eigenvalue weighted by molar-refractivity contribution is 7.89. The van der Waals surface area contributed by atoms with E-state index in [0.717, 1.165) is 25.8 Å². The Morgan fingerprint density at radius 2 is 2.05 bits per heavy atom. The van der Waals surface area contributed by atoms with Gasteiger partial charge in [-0.2, -0.15) is 0 Å². The molecule has 1 fully saturated rings. The van der Waals surface area contributed by atoms with Crippen LogP contribution in [0.25, 0.3) is 0 Å². The van der Waals surface area contributed by atoms with Crippen LogP contribution in [0.1, 0.15) is 19.3 Å². The Kier molecular flexibility index (Phi) is 5.25. The summed E-state index contributed by atoms with van der Waals surface area (Å²) in [7, 11) is -3.87. The molecule has 2 N–H and O–H groups in total. The number of rotatable bonds is 3. The van der Waals surface area contributed by atoms with E-state index in [9.17, 15) is 12.8 Å². The van der Waals surface area contributed by atoms with E-state index in [4.69, 9.17) is 23.2 Å². The second-order valence-electron chi connectivity index (χ2n) is 4.69. The molecule has 20 heavy (non-hydrogen) atoms. The Morgan fingerprint density at radius 1 is 1.30 bits per heavy atom. The van der Waals surface area contributed by atoms with E-state index in [0.29, 0.717) is 6.54 Å². The molecule has 1 aromatic carbocycles. The Balaban J connectivity index is 2.24. The van der Waals surface area contributed by atoms with Crippen LogP contribution in [0.2, 0.25) is 10.0 Å². The van der Waals surface area contributed by atoms with Crippen molar-refractivity contribution >= 4 is 33.2 Å². The average molecular weight is 341 g/mol. The lowest BCUT2D eigenvalue weighted by Crippen LogP contribution is -2.40. The Labute approximate surface area is 127 Å². The second kappa shape index (κ2) is 6.58. The molecule has 0 aromatic heterocycles. The summed E-state index contributed by atoms with van der Waals surface area (Å²) in [6.45, 7) is 1.42. The summed E-state index contributed by atoms with van der Waals surface area (Å²) in [5.74, 6) is -0.921. The summed E-state index contributed by atoms with van der Waals surface area (Å²) in [6.07, 6.45) is 2.68. The van der Waals surface area contributed by atoms with Crippen molar-refractivity contribution in [2.75, 3.05) is 13.1 Å². The number of hydrogen-bond donors (Lipinski definition) is 2. The van der Waals surface area contributed by atoms with Crippen LogP contribution in [0, 0.1) is 5.82 Å². The van der Waals surface area contributed by atoms with Gasteiger partial charge in [0.15, 0.2) is 5.82 Å². The van der Waals surface area contributed by atoms with E-state index in [-0.39, 0.29) is 16.0 Å². The molecule has 0 bridgehead atoms. The van der Waals surface area contributed by atoms with Gasteiger partial charge in [-0.1, -0.05) is 29.6 Å². The highest BCUT2D eigenvalue weighted by Gasteiger charge is 2.25. The fourth-order valence-electron chi connectivity index (χ4n) is 2.12. The predicted octanol–water partition coefficient (Wildman–Crippen LogP) is 2.55. The summed E-state index contributed by atoms with van der Waals surface area (Å²) in [5, 5.41) is 2.47. The van der Waals surface area contributed by atoms with Crippen LogP contribution in [0.15, 0.2) is 17.0 Å². The molecule has 0 saturated carbocycles. The van der Waals surface area contributed by atoms with E-state index >= 15 is 0 Å². The number of nitrogens with one attached hydrogen (secondary N) is 2. The van der Waals surface area contributed by atoms with Gasteiger partial charge in [-0.15, -0.1) is 0 Å². The van der Waals surface area contributed by atoms with Gasteiger partial charge in [-0.3, -0.25) is 0 Å². The van der Waals surface area contributed by atoms with Gasteiger partial charge < -0.3 is 5.32 Å². The molecule has 1 aliphatic heterocycles. The zero-order valence-corrected chi connectivity index (χ0v) is 13.0. The summed E-state index contributed by atoms with van der Waals surface area (Å²) in [5.41, 5.74) is 0. The molecule has 112 valence electrons. The zero-order valence-electron chi connectivity index (χ0n) is 10.6. The van der Waals surface area contributed by atoms with Crippen molar-refractivity contribution in [2.24, 2.45) is 0 Å². The monoisotopic (exact) mass is 340 g/mol. The molecule has 1 saturated heterocycles. The summed E-state index contributed by atoms with van der Waals surface area (Å²) < 4.78 is 40.7. The van der Waals surface area contributed by atoms with Crippen LogP contribution in [0.4, 0.5) is 4.39 Å². The lowest BCUT2D eigenvalue weighted by Gasteiger charge is -2.17. The molecular weight excluding hydrogens is 326 g/mol. The van der Waals surface area contributed by atoms with Crippen molar-refractivity contribution in [1.82, 2.24) is 10.0 Å². The molecule has 0 spiro atoms. The van der Waals surface area contributed by atoms with E-state index in [1.165, 1.54) is 12.1 Å². The third kappa shape index (κ3) is 3.62. The van der Waals surface area contributed by atoms with Gasteiger partial charge >= 0.3 is 0 Å². The first-order valence-corrected chi connectivity index (χ1v) is 8.52. The first-order valence-electron chi connectivity index (χ1n) is 6.28. The van der Waals surface area contributed by atoms with Crippen LogP contribution in [-0.2, 0) is 10.0 Å². The van der Waals surface area contributed by atoms with Crippen molar-refractivity contribution in [3.05, 3.63) is 28.0 Å². The number of halogens is 3. The van der Waals surface area contributed by atoms with Crippen molar-refractivity contribution in [2.45, 2.75) is 30.2 Å². The first-order chi connectivity index (χ1) is 9.42. The Morgan fingerprint density at radius 3 is 2.80 bits per heavy atom. The topological polar surface area (TPSA) is 58.2 Å². The fraction of sp³-hybridized carbons (Fsp3) is 0.500. The minimum absolute atomic E-state index is 0.204. The normalized spacial score (nSPS) is 20.6. The van der Waals surface area contributed by atoms with Crippen molar-refractivity contribution < 1.29 is 12.8 Å². The van der Waals surface area contributed by atoms with Gasteiger partial charge in [-0.25, -0.2) is 17.5 Å². The Bertz CT molecular complexity index is 587. The standard InChI is InChI=1S/C12H15Cl2FN2O2S/c13-9-4-5-10(11(14)12(9)15)20(18,19)17-8-3-1-2-6-16-7-8/h4-5,8,16-17H,1-3,6-7H2. The lowest BCUT2D eigenvalue weighted by atomic mass is 10.2. The van der Waals surface area contributed by atoms with Crippen LogP contribution >= 0.6 is 23.2 Å². The van der Waals surface area contributed by atoms with Crippen LogP contribution in [-0.4, -0.2) is 27.5 Å². The van der Waals surface area contributed by atoms with Crippen molar-refractivity contribution in [1.29, 1.82) is 0 Å². The summed E-state index contributed by atoms with van der Waals surface area (Å²) >= 11 is 11.3. The molecule has 1 atom stereocenters. The predicted molar refractivity (Wildman–Crippen MR) is 77.3 cm³/mol. The molecule has 1 aliphatic rings. The van der Waals surface area contributed by atoms with E-state index in [1.54, 1.807) is 0 Å². The molecule has 0 aliphatic carbocycles. The first kappa shape index (κ1) is 16.0. The maximum absolute atomic E-state index is 13.6. The second-order valence-corrected chi connectivity index (χ2v) is 7.16. The molecule has 8 heteroatoms. The van der Waals surface area contributed by atoms with E-state index < -0.39 is 20.9 Å². The zero-order chi connectivity index (χ0) is 14.8. The molecular formula is C12H15Cl2FN2O2S. The lowest BCUT2D eigenvalue weighted by molar-refractivity contribution is 0.520. The van der Waals surface area contributed by atoms with Gasteiger partial charge in [0.25, 0.3) is 0 Å². The van der Waals surface area contributed by atoms with Crippen molar-refractivity contribution in [3.63, 3.8) is 0 Å². The maximum Gasteiger partial charge on any atom is 0.242 e. The third-order valence-electron chi connectivity index (χ3n) is 3.16. The quantitative estimate of drug-likeness (QED) is 0.831. The Hall–Kier alpha value is -0.400. The molecule has 1 heterocycles. The van der Waals surface area contributed by atoms with Crippen LogP contribution in [0.5, 0.6) is 0 Å². The van der Waals surface area contributed by atoms with E-state index in [1.807, 2.05) is 0 Å². The largest absolute Gasteiger partial charge is 0.315 e. The number of sulfonamides is 1. The molecule has 0 amide bonds. The molecule has 1 aromatic rings. The summed E-state index contributed by atoms with van der Waals surface area (Å²) in [6, 6.07) is 2.17. The maximum atomic E-state index is 13.6. The average Bonchev–Trinajstić information content (AvgIpc) is 2.63. The van der Waals surface area contributed by atoms with Gasteiger partial charge in [0.05, 0.1) is 10.0 Å². The van der Waals surface area contributed by atoms with Gasteiger partial charge in [-0.05, 0) is 31.5 Å². The van der Waals surface area contributed by atoms with Crippen LogP contribution < -0.4 is 10.0 Å².